The molecule has 1 aliphatic heterocycles. The van der Waals surface area contributed by atoms with Crippen LogP contribution in [0.3, 0.4) is 0 Å². The molecule has 1 N–H and O–H groups in total. The lowest BCUT2D eigenvalue weighted by atomic mass is 10.1. The molecule has 2 aromatic heterocycles. The standard InChI is InChI=1S/C27H22F3N5O5S/c28-27(29,30)40-22-16-19(25(36)34-12-14-35(15-13-34)26(37)20-6-2-10-31-17-20)8-9-21(22)33-41(38,39)23-7-1-4-18-5-3-11-32-24(18)23/h1-11,16-17,33H,12-15H2. The average Bonchev–Trinajstić information content (AvgIpc) is 2.96. The van der Waals surface area contributed by atoms with Crippen LogP contribution in [0.25, 0.3) is 10.9 Å². The van der Waals surface area contributed by atoms with Crippen LogP contribution in [0.2, 0.25) is 0 Å². The number of rotatable bonds is 6. The number of alkyl halides is 3. The number of benzene rings is 2. The number of pyridine rings is 2. The van der Waals surface area contributed by atoms with Crippen LogP contribution >= 0.6 is 0 Å². The van der Waals surface area contributed by atoms with Gasteiger partial charge in [0.25, 0.3) is 21.8 Å². The van der Waals surface area contributed by atoms with Crippen LogP contribution in [0.4, 0.5) is 18.9 Å². The zero-order chi connectivity index (χ0) is 29.2. The van der Waals surface area contributed by atoms with Gasteiger partial charge in [-0.3, -0.25) is 24.3 Å². The van der Waals surface area contributed by atoms with E-state index in [1.165, 1.54) is 35.5 Å². The first kappa shape index (κ1) is 27.8. The summed E-state index contributed by atoms with van der Waals surface area (Å²) in [4.78, 5) is 36.5. The highest BCUT2D eigenvalue weighted by Gasteiger charge is 2.34. The fraction of sp³-hybridized carbons (Fsp3) is 0.185. The maximum atomic E-state index is 13.3. The van der Waals surface area contributed by atoms with E-state index in [0.29, 0.717) is 10.9 Å². The number of hydrogen-bond donors (Lipinski definition) is 1. The first-order valence-electron chi connectivity index (χ1n) is 12.3. The van der Waals surface area contributed by atoms with Gasteiger partial charge in [0.05, 0.1) is 16.8 Å². The largest absolute Gasteiger partial charge is 0.573 e. The molecule has 212 valence electrons. The molecule has 1 fully saturated rings. The minimum atomic E-state index is -5.17. The molecular weight excluding hydrogens is 563 g/mol. The third-order valence-electron chi connectivity index (χ3n) is 6.35. The second kappa shape index (κ2) is 11.0. The number of ether oxygens (including phenoxy) is 1. The van der Waals surface area contributed by atoms with Crippen LogP contribution in [0, 0.1) is 0 Å². The molecule has 0 spiro atoms. The second-order valence-electron chi connectivity index (χ2n) is 9.02. The number of nitrogens with one attached hydrogen (secondary N) is 1. The molecule has 1 saturated heterocycles. The van der Waals surface area contributed by atoms with Gasteiger partial charge in [0.15, 0.2) is 5.75 Å². The van der Waals surface area contributed by atoms with Crippen molar-refractivity contribution in [3.63, 3.8) is 0 Å². The third-order valence-corrected chi connectivity index (χ3v) is 7.74. The number of amides is 2. The van der Waals surface area contributed by atoms with Crippen molar-refractivity contribution in [3.8, 4) is 5.75 Å². The third kappa shape index (κ3) is 6.22. The van der Waals surface area contributed by atoms with Crippen LogP contribution in [0.5, 0.6) is 5.75 Å². The molecular formula is C27H22F3N5O5S. The molecule has 3 heterocycles. The molecule has 10 nitrogen and oxygen atoms in total. The molecule has 2 aromatic carbocycles. The number of para-hydroxylation sites is 1. The van der Waals surface area contributed by atoms with Crippen molar-refractivity contribution in [1.29, 1.82) is 0 Å². The molecule has 5 rings (SSSR count). The smallest absolute Gasteiger partial charge is 0.404 e. The number of aromatic nitrogens is 2. The predicted molar refractivity (Wildman–Crippen MR) is 142 cm³/mol. The van der Waals surface area contributed by atoms with E-state index >= 15 is 0 Å². The van der Waals surface area contributed by atoms with E-state index in [1.54, 1.807) is 41.4 Å². The first-order chi connectivity index (χ1) is 19.5. The van der Waals surface area contributed by atoms with Crippen molar-refractivity contribution in [3.05, 3.63) is 90.4 Å². The van der Waals surface area contributed by atoms with Crippen molar-refractivity contribution in [2.24, 2.45) is 0 Å². The van der Waals surface area contributed by atoms with Gasteiger partial charge in [-0.15, -0.1) is 13.2 Å². The molecule has 4 aromatic rings. The normalized spacial score (nSPS) is 14.1. The zero-order valence-electron chi connectivity index (χ0n) is 21.2. The lowest BCUT2D eigenvalue weighted by Crippen LogP contribution is -2.50. The second-order valence-corrected chi connectivity index (χ2v) is 10.7. The highest BCUT2D eigenvalue weighted by atomic mass is 32.2. The number of carbonyl (C=O) groups excluding carboxylic acids is 2. The topological polar surface area (TPSA) is 122 Å². The summed E-state index contributed by atoms with van der Waals surface area (Å²) in [7, 11) is -4.41. The lowest BCUT2D eigenvalue weighted by molar-refractivity contribution is -0.274. The van der Waals surface area contributed by atoms with Gasteiger partial charge < -0.3 is 14.5 Å². The predicted octanol–water partition coefficient (Wildman–Crippen LogP) is 3.93. The Kier molecular flexibility index (Phi) is 7.49. The summed E-state index contributed by atoms with van der Waals surface area (Å²) in [6.07, 6.45) is -0.786. The van der Waals surface area contributed by atoms with Crippen LogP contribution in [-0.2, 0) is 10.0 Å². The fourth-order valence-electron chi connectivity index (χ4n) is 4.41. The van der Waals surface area contributed by atoms with E-state index in [-0.39, 0.29) is 48.1 Å². The van der Waals surface area contributed by atoms with Gasteiger partial charge in [-0.05, 0) is 42.5 Å². The summed E-state index contributed by atoms with van der Waals surface area (Å²) in [6, 6.07) is 14.0. The van der Waals surface area contributed by atoms with Crippen LogP contribution in [0.1, 0.15) is 20.7 Å². The number of anilines is 1. The van der Waals surface area contributed by atoms with Crippen molar-refractivity contribution in [1.82, 2.24) is 19.8 Å². The Morgan fingerprint density at radius 2 is 1.51 bits per heavy atom. The number of hydrogen-bond acceptors (Lipinski definition) is 7. The summed E-state index contributed by atoms with van der Waals surface area (Å²) in [5.41, 5.74) is -0.128. The van der Waals surface area contributed by atoms with E-state index in [1.807, 2.05) is 0 Å². The average molecular weight is 586 g/mol. The van der Waals surface area contributed by atoms with Crippen molar-refractivity contribution < 1.29 is 35.9 Å². The highest BCUT2D eigenvalue weighted by Crippen LogP contribution is 2.34. The van der Waals surface area contributed by atoms with E-state index in [2.05, 4.69) is 19.4 Å². The van der Waals surface area contributed by atoms with E-state index in [4.69, 9.17) is 0 Å². The maximum Gasteiger partial charge on any atom is 0.573 e. The summed E-state index contributed by atoms with van der Waals surface area (Å²) in [6.45, 7) is 0.705. The Morgan fingerprint density at radius 3 is 2.17 bits per heavy atom. The highest BCUT2D eigenvalue weighted by molar-refractivity contribution is 7.93. The van der Waals surface area contributed by atoms with Gasteiger partial charge in [0.1, 0.15) is 4.90 Å². The van der Waals surface area contributed by atoms with Crippen molar-refractivity contribution >= 4 is 38.4 Å². The number of piperazine rings is 1. The fourth-order valence-corrected chi connectivity index (χ4v) is 5.66. The Labute approximate surface area is 232 Å². The van der Waals surface area contributed by atoms with E-state index < -0.39 is 33.7 Å². The van der Waals surface area contributed by atoms with Gasteiger partial charge in [-0.1, -0.05) is 18.2 Å². The Morgan fingerprint density at radius 1 is 0.854 bits per heavy atom. The number of fused-ring (bicyclic) bond motifs is 1. The molecule has 2 amide bonds. The zero-order valence-corrected chi connectivity index (χ0v) is 22.0. The SMILES string of the molecule is O=C(c1cccnc1)N1CCN(C(=O)c2ccc(NS(=O)(=O)c3cccc4cccnc34)c(OC(F)(F)F)c2)CC1. The first-order valence-corrected chi connectivity index (χ1v) is 13.7. The lowest BCUT2D eigenvalue weighted by Gasteiger charge is -2.35. The monoisotopic (exact) mass is 585 g/mol. The quantitative estimate of drug-likeness (QED) is 0.364. The number of halogens is 3. The maximum absolute atomic E-state index is 13.3. The van der Waals surface area contributed by atoms with Crippen molar-refractivity contribution in [2.45, 2.75) is 11.3 Å². The minimum absolute atomic E-state index is 0.133. The van der Waals surface area contributed by atoms with Gasteiger partial charge in [-0.2, -0.15) is 0 Å². The Balaban J connectivity index is 1.36. The number of carbonyl (C=O) groups is 2. The Hall–Kier alpha value is -4.72. The van der Waals surface area contributed by atoms with Gasteiger partial charge >= 0.3 is 6.36 Å². The van der Waals surface area contributed by atoms with Gasteiger partial charge in [-0.25, -0.2) is 8.42 Å². The molecule has 14 heteroatoms. The molecule has 0 saturated carbocycles. The Bertz CT molecular complexity index is 1700. The minimum Gasteiger partial charge on any atom is -0.404 e. The van der Waals surface area contributed by atoms with Crippen LogP contribution in [0.15, 0.2) is 84.1 Å². The molecule has 1 aliphatic rings. The number of nitrogens with zero attached hydrogens (tertiary/aromatic N) is 4. The molecule has 41 heavy (non-hydrogen) atoms. The van der Waals surface area contributed by atoms with Gasteiger partial charge in [0.2, 0.25) is 0 Å². The molecule has 0 radical (unpaired) electrons. The molecule has 0 bridgehead atoms. The summed E-state index contributed by atoms with van der Waals surface area (Å²) in [5, 5.41) is 0.519. The molecule has 0 unspecified atom stereocenters. The van der Waals surface area contributed by atoms with E-state index in [0.717, 1.165) is 12.1 Å². The van der Waals surface area contributed by atoms with Crippen molar-refractivity contribution in [2.75, 3.05) is 30.9 Å². The van der Waals surface area contributed by atoms with E-state index in [9.17, 15) is 31.2 Å². The number of sulfonamides is 1. The molecule has 0 aliphatic carbocycles. The van der Waals surface area contributed by atoms with Crippen LogP contribution < -0.4 is 9.46 Å². The molecule has 0 atom stereocenters. The summed E-state index contributed by atoms with van der Waals surface area (Å²) < 4.78 is 72.5. The van der Waals surface area contributed by atoms with Gasteiger partial charge in [0, 0.05) is 55.7 Å². The summed E-state index contributed by atoms with van der Waals surface area (Å²) in [5.74, 6) is -1.74. The summed E-state index contributed by atoms with van der Waals surface area (Å²) >= 11 is 0. The van der Waals surface area contributed by atoms with Crippen LogP contribution in [-0.4, -0.2) is 72.5 Å².